The third kappa shape index (κ3) is 9.09. The van der Waals surface area contributed by atoms with Crippen LogP contribution in [0.3, 0.4) is 0 Å². The summed E-state index contributed by atoms with van der Waals surface area (Å²) in [5.41, 5.74) is 6.22. The van der Waals surface area contributed by atoms with E-state index in [9.17, 15) is 24.0 Å². The molecule has 0 aliphatic heterocycles. The molecule has 1 aliphatic carbocycles. The van der Waals surface area contributed by atoms with Gasteiger partial charge in [-0.05, 0) is 11.6 Å². The molecule has 12 heteroatoms. The predicted octanol–water partition coefficient (Wildman–Crippen LogP) is -2.22. The topological polar surface area (TPSA) is 189 Å². The van der Waals surface area contributed by atoms with Gasteiger partial charge in [-0.3, -0.25) is 19.2 Å². The summed E-state index contributed by atoms with van der Waals surface area (Å²) in [4.78, 5) is 58.6. The van der Waals surface area contributed by atoms with Crippen LogP contribution in [-0.2, 0) is 35.1 Å². The molecule has 12 nitrogen and oxygen atoms in total. The standard InChI is InChI=1S/C21H27N5O7/c22-9-17(27)23-11-19(29)26-16(6-13-4-2-1-3-5-13)20(30)24-10-18(28)25-12-33-15-7-14(8-15)21(31)32/h1-5,7,15-16H,6,8-12,22H2,(H,23,27)(H,24,30)(H,25,28)(H,26,29)(H,31,32)/t15-,16-/m0/s1. The minimum Gasteiger partial charge on any atom is -0.478 e. The van der Waals surface area contributed by atoms with Crippen LogP contribution in [0.4, 0.5) is 0 Å². The van der Waals surface area contributed by atoms with Gasteiger partial charge in [-0.1, -0.05) is 30.3 Å². The first kappa shape index (κ1) is 25.5. The number of rotatable bonds is 13. The fraction of sp³-hybridized carbons (Fsp3) is 0.381. The van der Waals surface area contributed by atoms with E-state index < -0.39 is 35.6 Å². The number of carboxylic acid groups (broad SMARTS) is 1. The van der Waals surface area contributed by atoms with Gasteiger partial charge in [-0.2, -0.15) is 0 Å². The normalized spacial score (nSPS) is 15.3. The second-order valence-electron chi connectivity index (χ2n) is 7.16. The van der Waals surface area contributed by atoms with Crippen LogP contribution in [0.2, 0.25) is 0 Å². The van der Waals surface area contributed by atoms with Gasteiger partial charge in [0.1, 0.15) is 12.8 Å². The van der Waals surface area contributed by atoms with Crippen LogP contribution < -0.4 is 27.0 Å². The molecule has 1 aliphatic rings. The second kappa shape index (κ2) is 12.9. The molecule has 0 fully saturated rings. The average Bonchev–Trinajstić information content (AvgIpc) is 2.77. The highest BCUT2D eigenvalue weighted by molar-refractivity contribution is 5.92. The highest BCUT2D eigenvalue weighted by Crippen LogP contribution is 2.21. The largest absolute Gasteiger partial charge is 0.478 e. The van der Waals surface area contributed by atoms with Crippen LogP contribution in [0, 0.1) is 0 Å². The molecule has 178 valence electrons. The van der Waals surface area contributed by atoms with Gasteiger partial charge in [0.25, 0.3) is 0 Å². The number of carbonyl (C=O) groups excluding carboxylic acids is 4. The van der Waals surface area contributed by atoms with Gasteiger partial charge in [0.2, 0.25) is 23.6 Å². The summed E-state index contributed by atoms with van der Waals surface area (Å²) in [6, 6.07) is 7.99. The van der Waals surface area contributed by atoms with Crippen LogP contribution in [-0.4, -0.2) is 73.2 Å². The molecule has 7 N–H and O–H groups in total. The summed E-state index contributed by atoms with van der Waals surface area (Å²) in [6.07, 6.45) is 1.50. The van der Waals surface area contributed by atoms with E-state index in [1.807, 2.05) is 6.07 Å². The summed E-state index contributed by atoms with van der Waals surface area (Å²) >= 11 is 0. The third-order valence-electron chi connectivity index (χ3n) is 4.64. The number of amides is 4. The molecular weight excluding hydrogens is 434 g/mol. The van der Waals surface area contributed by atoms with E-state index in [1.165, 1.54) is 6.08 Å². The highest BCUT2D eigenvalue weighted by atomic mass is 16.5. The van der Waals surface area contributed by atoms with Crippen molar-refractivity contribution >= 4 is 29.6 Å². The summed E-state index contributed by atoms with van der Waals surface area (Å²) in [5, 5.41) is 18.5. The monoisotopic (exact) mass is 461 g/mol. The van der Waals surface area contributed by atoms with Crippen LogP contribution in [0.15, 0.2) is 42.0 Å². The van der Waals surface area contributed by atoms with Crippen molar-refractivity contribution in [3.63, 3.8) is 0 Å². The number of hydrogen-bond acceptors (Lipinski definition) is 7. The van der Waals surface area contributed by atoms with Gasteiger partial charge in [0.15, 0.2) is 0 Å². The molecule has 33 heavy (non-hydrogen) atoms. The maximum absolute atomic E-state index is 12.6. The number of benzene rings is 1. The van der Waals surface area contributed by atoms with Crippen molar-refractivity contribution in [1.29, 1.82) is 0 Å². The lowest BCUT2D eigenvalue weighted by molar-refractivity contribution is -0.134. The first-order valence-corrected chi connectivity index (χ1v) is 10.2. The Balaban J connectivity index is 1.80. The zero-order chi connectivity index (χ0) is 24.2. The van der Waals surface area contributed by atoms with E-state index in [4.69, 9.17) is 15.6 Å². The molecule has 1 aromatic carbocycles. The van der Waals surface area contributed by atoms with E-state index in [2.05, 4.69) is 21.3 Å². The third-order valence-corrected chi connectivity index (χ3v) is 4.64. The molecule has 0 heterocycles. The van der Waals surface area contributed by atoms with Gasteiger partial charge in [0.05, 0.1) is 25.7 Å². The molecule has 0 saturated carbocycles. The lowest BCUT2D eigenvalue weighted by Gasteiger charge is -2.23. The number of nitrogens with one attached hydrogen (secondary N) is 4. The molecule has 1 aromatic rings. The van der Waals surface area contributed by atoms with Crippen molar-refractivity contribution in [2.45, 2.75) is 25.0 Å². The fourth-order valence-electron chi connectivity index (χ4n) is 2.81. The van der Waals surface area contributed by atoms with Crippen LogP contribution in [0.1, 0.15) is 12.0 Å². The van der Waals surface area contributed by atoms with Crippen LogP contribution in [0.5, 0.6) is 0 Å². The van der Waals surface area contributed by atoms with Crippen molar-refractivity contribution < 1.29 is 33.8 Å². The van der Waals surface area contributed by atoms with Crippen molar-refractivity contribution in [3.05, 3.63) is 47.5 Å². The van der Waals surface area contributed by atoms with E-state index in [1.54, 1.807) is 24.3 Å². The summed E-state index contributed by atoms with van der Waals surface area (Å²) in [6.45, 7) is -1.11. The van der Waals surface area contributed by atoms with E-state index in [0.29, 0.717) is 0 Å². The first-order valence-electron chi connectivity index (χ1n) is 10.2. The summed E-state index contributed by atoms with van der Waals surface area (Å²) in [7, 11) is 0. The Hall–Kier alpha value is -3.77. The Kier molecular flexibility index (Phi) is 9.99. The predicted molar refractivity (Wildman–Crippen MR) is 115 cm³/mol. The van der Waals surface area contributed by atoms with Gasteiger partial charge < -0.3 is 36.8 Å². The second-order valence-corrected chi connectivity index (χ2v) is 7.16. The molecule has 0 bridgehead atoms. The van der Waals surface area contributed by atoms with Crippen molar-refractivity contribution in [3.8, 4) is 0 Å². The molecule has 0 spiro atoms. The zero-order valence-corrected chi connectivity index (χ0v) is 17.8. The molecule has 0 radical (unpaired) electrons. The van der Waals surface area contributed by atoms with Crippen LogP contribution >= 0.6 is 0 Å². The lowest BCUT2D eigenvalue weighted by atomic mass is 9.96. The maximum Gasteiger partial charge on any atom is 0.331 e. The van der Waals surface area contributed by atoms with Crippen LogP contribution in [0.25, 0.3) is 0 Å². The van der Waals surface area contributed by atoms with E-state index in [0.717, 1.165) is 5.56 Å². The molecule has 2 rings (SSSR count). The quantitative estimate of drug-likeness (QED) is 0.178. The van der Waals surface area contributed by atoms with Gasteiger partial charge in [0, 0.05) is 18.4 Å². The molecular formula is C21H27N5O7. The van der Waals surface area contributed by atoms with Crippen molar-refractivity contribution in [2.75, 3.05) is 26.4 Å². The smallest absolute Gasteiger partial charge is 0.331 e. The SMILES string of the molecule is NCC(=O)NCC(=O)N[C@@H](Cc1ccccc1)C(=O)NCC(=O)NCO[C@H]1C=C(C(=O)O)C1. The maximum atomic E-state index is 12.6. The Morgan fingerprint density at radius 1 is 1.00 bits per heavy atom. The Labute approximate surface area is 189 Å². The van der Waals surface area contributed by atoms with Crippen molar-refractivity contribution in [2.24, 2.45) is 5.73 Å². The highest BCUT2D eigenvalue weighted by Gasteiger charge is 2.25. The molecule has 4 amide bonds. The average molecular weight is 461 g/mol. The minimum absolute atomic E-state index is 0.145. The lowest BCUT2D eigenvalue weighted by Crippen LogP contribution is -2.52. The molecule has 0 unspecified atom stereocenters. The summed E-state index contributed by atoms with van der Waals surface area (Å²) in [5.74, 6) is -3.20. The minimum atomic E-state index is -1.000. The van der Waals surface area contributed by atoms with E-state index in [-0.39, 0.29) is 50.9 Å². The fourth-order valence-corrected chi connectivity index (χ4v) is 2.81. The Bertz CT molecular complexity index is 904. The molecule has 0 saturated heterocycles. The Morgan fingerprint density at radius 3 is 2.30 bits per heavy atom. The van der Waals surface area contributed by atoms with E-state index >= 15 is 0 Å². The van der Waals surface area contributed by atoms with Gasteiger partial charge >= 0.3 is 5.97 Å². The van der Waals surface area contributed by atoms with Gasteiger partial charge in [-0.15, -0.1) is 0 Å². The number of hydrogen-bond donors (Lipinski definition) is 6. The van der Waals surface area contributed by atoms with Crippen molar-refractivity contribution in [1.82, 2.24) is 21.3 Å². The number of carbonyl (C=O) groups is 5. The Morgan fingerprint density at radius 2 is 1.67 bits per heavy atom. The molecule has 2 atom stereocenters. The summed E-state index contributed by atoms with van der Waals surface area (Å²) < 4.78 is 5.29. The molecule has 0 aromatic heterocycles. The van der Waals surface area contributed by atoms with Gasteiger partial charge in [-0.25, -0.2) is 4.79 Å². The number of carboxylic acids is 1. The first-order chi connectivity index (χ1) is 15.8. The number of aliphatic carboxylic acids is 1. The number of nitrogens with two attached hydrogens (primary N) is 1. The number of ether oxygens (including phenoxy) is 1. The zero-order valence-electron chi connectivity index (χ0n) is 17.8.